The third kappa shape index (κ3) is 2.41. The molecular formula is C17H10N4OS3. The molecular weight excluding hydrogens is 372 g/mol. The summed E-state index contributed by atoms with van der Waals surface area (Å²) in [6.45, 7) is 0. The van der Waals surface area contributed by atoms with Crippen molar-refractivity contribution in [3.05, 3.63) is 49.7 Å². The number of hydrogen-bond donors (Lipinski definition) is 2. The molecule has 8 heteroatoms. The van der Waals surface area contributed by atoms with Gasteiger partial charge in [0.05, 0.1) is 10.6 Å². The van der Waals surface area contributed by atoms with Crippen molar-refractivity contribution >= 4 is 61.5 Å². The van der Waals surface area contributed by atoms with Gasteiger partial charge in [0.2, 0.25) is 5.78 Å². The molecule has 0 aromatic carbocycles. The Labute approximate surface area is 154 Å². The Bertz CT molecular complexity index is 1140. The van der Waals surface area contributed by atoms with Crippen molar-refractivity contribution in [3.63, 3.8) is 0 Å². The molecule has 0 fully saturated rings. The number of nitriles is 1. The van der Waals surface area contributed by atoms with Crippen LogP contribution in [0.5, 0.6) is 0 Å². The Balaban J connectivity index is 2.06. The fourth-order valence-corrected chi connectivity index (χ4v) is 5.11. The summed E-state index contributed by atoms with van der Waals surface area (Å²) in [6, 6.07) is 7.61. The Kier molecular flexibility index (Phi) is 3.77. The summed E-state index contributed by atoms with van der Waals surface area (Å²) < 4.78 is 0. The van der Waals surface area contributed by atoms with Crippen molar-refractivity contribution in [3.8, 4) is 17.2 Å². The Morgan fingerprint density at radius 3 is 2.72 bits per heavy atom. The zero-order chi connectivity index (χ0) is 17.6. The van der Waals surface area contributed by atoms with Crippen molar-refractivity contribution in [1.29, 1.82) is 5.26 Å². The van der Waals surface area contributed by atoms with Crippen LogP contribution in [0.4, 0.5) is 11.5 Å². The van der Waals surface area contributed by atoms with E-state index in [0.29, 0.717) is 31.2 Å². The second kappa shape index (κ2) is 5.97. The number of thiophene rings is 3. The number of rotatable bonds is 3. The topological polar surface area (TPSA) is 106 Å². The first-order valence-corrected chi connectivity index (χ1v) is 9.78. The van der Waals surface area contributed by atoms with Gasteiger partial charge in [0.25, 0.3) is 0 Å². The molecule has 0 aliphatic rings. The Morgan fingerprint density at radius 2 is 2.08 bits per heavy atom. The van der Waals surface area contributed by atoms with E-state index >= 15 is 0 Å². The van der Waals surface area contributed by atoms with Crippen LogP contribution in [0.25, 0.3) is 21.3 Å². The molecule has 0 radical (unpaired) electrons. The average Bonchev–Trinajstić information content (AvgIpc) is 3.35. The molecule has 0 atom stereocenters. The van der Waals surface area contributed by atoms with Gasteiger partial charge in [0.15, 0.2) is 0 Å². The third-order valence-corrected chi connectivity index (χ3v) is 6.43. The van der Waals surface area contributed by atoms with Crippen molar-refractivity contribution in [2.75, 3.05) is 11.5 Å². The van der Waals surface area contributed by atoms with Crippen molar-refractivity contribution in [2.24, 2.45) is 0 Å². The molecule has 0 bridgehead atoms. The molecule has 4 aromatic heterocycles. The van der Waals surface area contributed by atoms with Crippen LogP contribution >= 0.6 is 34.0 Å². The minimum Gasteiger partial charge on any atom is -0.397 e. The molecule has 5 nitrogen and oxygen atoms in total. The van der Waals surface area contributed by atoms with Gasteiger partial charge >= 0.3 is 0 Å². The number of ketones is 1. The maximum atomic E-state index is 12.8. The summed E-state index contributed by atoms with van der Waals surface area (Å²) in [7, 11) is 0. The molecule has 4 rings (SSSR count). The highest BCUT2D eigenvalue weighted by Gasteiger charge is 2.25. The number of hydrogen-bond acceptors (Lipinski definition) is 8. The smallest absolute Gasteiger partial charge is 0.215 e. The lowest BCUT2D eigenvalue weighted by Gasteiger charge is -2.07. The Morgan fingerprint density at radius 1 is 1.24 bits per heavy atom. The van der Waals surface area contributed by atoms with E-state index in [9.17, 15) is 10.1 Å². The fraction of sp³-hybridized carbons (Fsp3) is 0. The maximum Gasteiger partial charge on any atom is 0.215 e. The molecule has 0 unspecified atom stereocenters. The van der Waals surface area contributed by atoms with Gasteiger partial charge in [-0.05, 0) is 33.8 Å². The van der Waals surface area contributed by atoms with Crippen LogP contribution < -0.4 is 11.5 Å². The second-order valence-corrected chi connectivity index (χ2v) is 7.93. The highest BCUT2D eigenvalue weighted by Crippen LogP contribution is 2.43. The molecule has 122 valence electrons. The summed E-state index contributed by atoms with van der Waals surface area (Å²) >= 11 is 4.08. The van der Waals surface area contributed by atoms with E-state index in [0.717, 1.165) is 5.56 Å². The molecule has 4 N–H and O–H groups in total. The van der Waals surface area contributed by atoms with Gasteiger partial charge < -0.3 is 11.5 Å². The van der Waals surface area contributed by atoms with Crippen LogP contribution in [0, 0.1) is 11.3 Å². The number of pyridine rings is 1. The quantitative estimate of drug-likeness (QED) is 0.512. The number of nitrogens with two attached hydrogens (primary N) is 2. The molecule has 0 aliphatic heterocycles. The van der Waals surface area contributed by atoms with Crippen LogP contribution in [-0.4, -0.2) is 10.8 Å². The van der Waals surface area contributed by atoms with Gasteiger partial charge in [-0.25, -0.2) is 4.98 Å². The van der Waals surface area contributed by atoms with Gasteiger partial charge in [-0.3, -0.25) is 4.79 Å². The van der Waals surface area contributed by atoms with Crippen LogP contribution in [0.2, 0.25) is 0 Å². The van der Waals surface area contributed by atoms with Crippen LogP contribution in [-0.2, 0) is 0 Å². The minimum atomic E-state index is -0.135. The zero-order valence-corrected chi connectivity index (χ0v) is 15.1. The van der Waals surface area contributed by atoms with Gasteiger partial charge in [0, 0.05) is 10.9 Å². The molecule has 0 amide bonds. The van der Waals surface area contributed by atoms with Crippen LogP contribution in [0.15, 0.2) is 34.3 Å². The zero-order valence-electron chi connectivity index (χ0n) is 12.6. The number of carbonyl (C=O) groups excluding carboxylic acids is 1. The predicted molar refractivity (Wildman–Crippen MR) is 104 cm³/mol. The average molecular weight is 382 g/mol. The fourth-order valence-electron chi connectivity index (χ4n) is 2.67. The van der Waals surface area contributed by atoms with Crippen molar-refractivity contribution in [1.82, 2.24) is 4.98 Å². The number of aromatic nitrogens is 1. The van der Waals surface area contributed by atoms with E-state index in [-0.39, 0.29) is 17.2 Å². The summed E-state index contributed by atoms with van der Waals surface area (Å²) in [5.41, 5.74) is 14.4. The first-order valence-electron chi connectivity index (χ1n) is 7.14. The second-order valence-electron chi connectivity index (χ2n) is 5.20. The molecule has 4 heterocycles. The van der Waals surface area contributed by atoms with Crippen molar-refractivity contribution in [2.45, 2.75) is 0 Å². The predicted octanol–water partition coefficient (Wildman–Crippen LogP) is 4.35. The first kappa shape index (κ1) is 15.8. The van der Waals surface area contributed by atoms with E-state index in [1.165, 1.54) is 34.0 Å². The summed E-state index contributed by atoms with van der Waals surface area (Å²) in [4.78, 5) is 18.7. The first-order chi connectivity index (χ1) is 12.1. The van der Waals surface area contributed by atoms with Crippen LogP contribution in [0.3, 0.4) is 0 Å². The molecule has 0 saturated carbocycles. The number of carbonyl (C=O) groups is 1. The van der Waals surface area contributed by atoms with Gasteiger partial charge in [-0.2, -0.15) is 16.6 Å². The standard InChI is InChI=1S/C17H10N4OS3/c18-6-9-11(8-3-5-23-7-8)12-13(19)15(25-17(12)21-16(9)20)14(22)10-2-1-4-24-10/h1-5,7H,19H2,(H2,20,21). The van der Waals surface area contributed by atoms with E-state index in [2.05, 4.69) is 11.1 Å². The van der Waals surface area contributed by atoms with Crippen molar-refractivity contribution < 1.29 is 4.79 Å². The Hall–Kier alpha value is -2.73. The van der Waals surface area contributed by atoms with E-state index < -0.39 is 0 Å². The monoisotopic (exact) mass is 382 g/mol. The maximum absolute atomic E-state index is 12.8. The minimum absolute atomic E-state index is 0.135. The highest BCUT2D eigenvalue weighted by molar-refractivity contribution is 7.22. The SMILES string of the molecule is N#Cc1c(N)nc2sc(C(=O)c3cccs3)c(N)c2c1-c1ccsc1. The normalized spacial score (nSPS) is 10.8. The lowest BCUT2D eigenvalue weighted by molar-refractivity contribution is 0.104. The van der Waals surface area contributed by atoms with E-state index in [1.54, 1.807) is 6.07 Å². The lowest BCUT2D eigenvalue weighted by Crippen LogP contribution is -2.01. The molecule has 0 spiro atoms. The summed E-state index contributed by atoms with van der Waals surface area (Å²) in [5.74, 6) is 0.0106. The van der Waals surface area contributed by atoms with Gasteiger partial charge in [0.1, 0.15) is 27.2 Å². The van der Waals surface area contributed by atoms with E-state index in [4.69, 9.17) is 11.5 Å². The number of nitrogens with zero attached hydrogens (tertiary/aromatic N) is 2. The largest absolute Gasteiger partial charge is 0.397 e. The van der Waals surface area contributed by atoms with Gasteiger partial charge in [-0.15, -0.1) is 22.7 Å². The van der Waals surface area contributed by atoms with Crippen LogP contribution in [0.1, 0.15) is 20.1 Å². The number of nitrogen functional groups attached to an aromatic ring is 2. The van der Waals surface area contributed by atoms with Gasteiger partial charge in [-0.1, -0.05) is 6.07 Å². The third-order valence-electron chi connectivity index (χ3n) is 3.78. The summed E-state index contributed by atoms with van der Waals surface area (Å²) in [5, 5.41) is 15.8. The number of fused-ring (bicyclic) bond motifs is 1. The lowest BCUT2D eigenvalue weighted by atomic mass is 9.99. The van der Waals surface area contributed by atoms with E-state index in [1.807, 2.05) is 28.3 Å². The summed E-state index contributed by atoms with van der Waals surface area (Å²) in [6.07, 6.45) is 0. The highest BCUT2D eigenvalue weighted by atomic mass is 32.1. The molecule has 4 aromatic rings. The molecule has 0 saturated heterocycles. The molecule has 0 aliphatic carbocycles. The number of anilines is 2. The molecule has 25 heavy (non-hydrogen) atoms.